The predicted molar refractivity (Wildman–Crippen MR) is 19.6 cm³/mol. The molecule has 24 valence electrons. The normalized spacial score (nSPS) is 0. The molecule has 0 atom stereocenters. The van der Waals surface area contributed by atoms with Crippen LogP contribution in [0.4, 0.5) is 0 Å². The summed E-state index contributed by atoms with van der Waals surface area (Å²) in [6, 6.07) is 0. The average Bonchev–Trinajstić information content (AvgIpc) is 0. The smallest absolute Gasteiger partial charge is 1.00 e. The van der Waals surface area contributed by atoms with Gasteiger partial charge in [0.25, 0.3) is 0 Å². The third-order valence-corrected chi connectivity index (χ3v) is 0. The van der Waals surface area contributed by atoms with Gasteiger partial charge in [0.15, 0.2) is 0 Å². The van der Waals surface area contributed by atoms with Crippen molar-refractivity contribution in [1.29, 1.82) is 0 Å². The zero-order valence-electron chi connectivity index (χ0n) is 3.52. The molecule has 0 radical (unpaired) electrons. The monoisotopic (exact) mass is 163 g/mol. The first-order valence-electron chi connectivity index (χ1n) is 0. The molecule has 0 aromatic rings. The molecule has 0 unspecified atom stereocenters. The van der Waals surface area contributed by atoms with Gasteiger partial charge in [0, 0.05) is 0 Å². The van der Waals surface area contributed by atoms with Crippen LogP contribution in [0.1, 0.15) is 0 Å². The summed E-state index contributed by atoms with van der Waals surface area (Å²) in [7, 11) is 0. The number of halogens is 1. The topological polar surface area (TPSA) is 35.0 Å². The fraction of sp³-hybridized carbons (Fsp3) is 0. The van der Waals surface area contributed by atoms with Gasteiger partial charge in [-0.05, 0) is 0 Å². The fourth-order valence-corrected chi connectivity index (χ4v) is 0. The Labute approximate surface area is 131 Å². The summed E-state index contributed by atoms with van der Waals surface area (Å²) in [6.07, 6.45) is 0. The van der Waals surface area contributed by atoms with E-state index in [9.17, 15) is 0 Å². The van der Waals surface area contributed by atoms with Crippen molar-refractivity contribution < 1.29 is 103 Å². The van der Waals surface area contributed by atoms with Gasteiger partial charge in [-0.3, -0.25) is 0 Å². The summed E-state index contributed by atoms with van der Waals surface area (Å²) in [5.41, 5.74) is 0. The summed E-state index contributed by atoms with van der Waals surface area (Å²) >= 11 is 0. The molecular weight excluding hydrogens is 160 g/mol. The van der Waals surface area contributed by atoms with Crippen molar-refractivity contribution in [3.05, 3.63) is 0 Å². The molecule has 0 aliphatic carbocycles. The van der Waals surface area contributed by atoms with Gasteiger partial charge in [-0.25, -0.2) is 0 Å². The Morgan fingerprint density at radius 2 is 0.800 bits per heavy atom. The molecule has 0 bridgehead atoms. The standard InChI is InChI=1S/ClH.2K.H3N.S/h1H;;;1H3;/q;2*+1;;-2. The summed E-state index contributed by atoms with van der Waals surface area (Å²) < 4.78 is 0. The van der Waals surface area contributed by atoms with Gasteiger partial charge in [0.05, 0.1) is 0 Å². The van der Waals surface area contributed by atoms with E-state index in [1.54, 1.807) is 0 Å². The van der Waals surface area contributed by atoms with Crippen LogP contribution < -0.4 is 109 Å². The molecule has 0 aliphatic heterocycles. The summed E-state index contributed by atoms with van der Waals surface area (Å²) in [5.74, 6) is 0. The van der Waals surface area contributed by atoms with E-state index in [0.29, 0.717) is 0 Å². The van der Waals surface area contributed by atoms with Crippen LogP contribution in [0.15, 0.2) is 0 Å². The average molecular weight is 164 g/mol. The first-order valence-corrected chi connectivity index (χ1v) is 0. The molecule has 0 aliphatic rings. The minimum Gasteiger partial charge on any atom is -2.00 e. The second-order valence-corrected chi connectivity index (χ2v) is 0. The zero-order chi connectivity index (χ0) is 0. The second kappa shape index (κ2) is 24.8. The van der Waals surface area contributed by atoms with Crippen LogP contribution in [0, 0.1) is 0 Å². The van der Waals surface area contributed by atoms with Crippen LogP contribution in [0.5, 0.6) is 0 Å². The van der Waals surface area contributed by atoms with Crippen LogP contribution in [0.3, 0.4) is 0 Å². The van der Waals surface area contributed by atoms with Crippen LogP contribution >= 0.6 is 12.4 Å². The van der Waals surface area contributed by atoms with E-state index in [-0.39, 0.29) is 135 Å². The van der Waals surface area contributed by atoms with Crippen molar-refractivity contribution in [2.75, 3.05) is 0 Å². The van der Waals surface area contributed by atoms with Gasteiger partial charge < -0.3 is 19.6 Å². The molecule has 1 nitrogen and oxygen atoms in total. The Bertz CT molecular complexity index is 9.61. The van der Waals surface area contributed by atoms with E-state index in [0.717, 1.165) is 0 Å². The van der Waals surface area contributed by atoms with E-state index in [2.05, 4.69) is 0 Å². The van der Waals surface area contributed by atoms with Crippen molar-refractivity contribution >= 4 is 25.9 Å². The molecule has 0 aromatic heterocycles. The fourth-order valence-electron chi connectivity index (χ4n) is 0. The molecule has 0 amide bonds. The molecule has 0 aromatic carbocycles. The van der Waals surface area contributed by atoms with Crippen LogP contribution in [0.25, 0.3) is 0 Å². The van der Waals surface area contributed by atoms with Crippen LogP contribution in [0.2, 0.25) is 0 Å². The summed E-state index contributed by atoms with van der Waals surface area (Å²) in [4.78, 5) is 0. The van der Waals surface area contributed by atoms with E-state index in [1.165, 1.54) is 0 Å². The molecule has 0 fully saturated rings. The molecule has 0 saturated carbocycles. The third kappa shape index (κ3) is 18.1. The Balaban J connectivity index is 0. The van der Waals surface area contributed by atoms with Gasteiger partial charge in [-0.2, -0.15) is 0 Å². The quantitative estimate of drug-likeness (QED) is 0.356. The zero-order valence-corrected chi connectivity index (χ0v) is 11.4. The van der Waals surface area contributed by atoms with Gasteiger partial charge in [-0.1, -0.05) is 0 Å². The van der Waals surface area contributed by atoms with Crippen molar-refractivity contribution in [3.63, 3.8) is 0 Å². The Hall–Kier alpha value is 3.87. The van der Waals surface area contributed by atoms with Gasteiger partial charge >= 0.3 is 103 Å². The first kappa shape index (κ1) is 36.7. The Kier molecular flexibility index (Phi) is 182. The molecule has 0 rings (SSSR count). The maximum Gasteiger partial charge on any atom is 1.00 e. The molecule has 0 heterocycles. The van der Waals surface area contributed by atoms with Crippen LogP contribution in [-0.4, -0.2) is 0 Å². The molecular formula is H4ClK2NS. The van der Waals surface area contributed by atoms with Gasteiger partial charge in [0.1, 0.15) is 0 Å². The molecule has 0 spiro atoms. The van der Waals surface area contributed by atoms with E-state index in [4.69, 9.17) is 0 Å². The first-order chi connectivity index (χ1) is 0. The molecule has 0 saturated heterocycles. The number of hydrogen-bond donors (Lipinski definition) is 1. The summed E-state index contributed by atoms with van der Waals surface area (Å²) in [5, 5.41) is 0. The van der Waals surface area contributed by atoms with Crippen molar-refractivity contribution in [1.82, 2.24) is 6.15 Å². The number of rotatable bonds is 0. The largest absolute Gasteiger partial charge is 2.00 e. The van der Waals surface area contributed by atoms with Crippen molar-refractivity contribution in [2.45, 2.75) is 0 Å². The maximum absolute atomic E-state index is 0. The van der Waals surface area contributed by atoms with Gasteiger partial charge in [-0.15, -0.1) is 12.4 Å². The summed E-state index contributed by atoms with van der Waals surface area (Å²) in [6.45, 7) is 0. The minimum absolute atomic E-state index is 0. The molecule has 3 N–H and O–H groups in total. The molecule has 5 heavy (non-hydrogen) atoms. The molecule has 5 heteroatoms. The Morgan fingerprint density at radius 1 is 0.800 bits per heavy atom. The number of hydrogen-bond acceptors (Lipinski definition) is 1. The van der Waals surface area contributed by atoms with Crippen LogP contribution in [-0.2, 0) is 13.5 Å². The maximum atomic E-state index is 0. The predicted octanol–water partition coefficient (Wildman–Crippen LogP) is -5.41. The van der Waals surface area contributed by atoms with E-state index < -0.39 is 0 Å². The van der Waals surface area contributed by atoms with E-state index in [1.807, 2.05) is 0 Å². The van der Waals surface area contributed by atoms with Crippen molar-refractivity contribution in [3.8, 4) is 0 Å². The van der Waals surface area contributed by atoms with Crippen molar-refractivity contribution in [2.24, 2.45) is 0 Å². The third-order valence-electron chi connectivity index (χ3n) is 0. The van der Waals surface area contributed by atoms with Gasteiger partial charge in [0.2, 0.25) is 0 Å². The second-order valence-electron chi connectivity index (χ2n) is 0. The minimum atomic E-state index is 0. The Morgan fingerprint density at radius 3 is 0.800 bits per heavy atom. The van der Waals surface area contributed by atoms with E-state index >= 15 is 0 Å². The SMILES string of the molecule is Cl.N.[K+].[K+].[S-2].